The van der Waals surface area contributed by atoms with Gasteiger partial charge in [-0.2, -0.15) is 0 Å². The average Bonchev–Trinajstić information content (AvgIpc) is 3.37. The maximum atomic E-state index is 13.4. The van der Waals surface area contributed by atoms with Gasteiger partial charge in [0.15, 0.2) is 5.13 Å². The van der Waals surface area contributed by atoms with Crippen LogP contribution < -0.4 is 16.0 Å². The fourth-order valence-electron chi connectivity index (χ4n) is 3.96. The normalized spacial score (nSPS) is 11.2. The van der Waals surface area contributed by atoms with Crippen molar-refractivity contribution in [1.29, 1.82) is 0 Å². The Morgan fingerprint density at radius 2 is 1.71 bits per heavy atom. The highest BCUT2D eigenvalue weighted by molar-refractivity contribution is 9.10. The topological polar surface area (TPSA) is 100 Å². The van der Waals surface area contributed by atoms with Crippen LogP contribution in [0.3, 0.4) is 0 Å². The summed E-state index contributed by atoms with van der Waals surface area (Å²) in [5.41, 5.74) is 3.78. The summed E-state index contributed by atoms with van der Waals surface area (Å²) < 4.78 is 1.87. The smallest absolute Gasteiger partial charge is 0.272 e. The molecule has 5 aromatic rings. The van der Waals surface area contributed by atoms with E-state index in [1.807, 2.05) is 61.5 Å². The van der Waals surface area contributed by atoms with E-state index >= 15 is 0 Å². The third-order valence-electron chi connectivity index (χ3n) is 5.94. The van der Waals surface area contributed by atoms with Gasteiger partial charge in [-0.05, 0) is 78.7 Å². The van der Waals surface area contributed by atoms with E-state index in [1.54, 1.807) is 48.5 Å². The molecule has 0 saturated carbocycles. The van der Waals surface area contributed by atoms with Gasteiger partial charge in [0.25, 0.3) is 11.8 Å². The van der Waals surface area contributed by atoms with Crippen molar-refractivity contribution in [1.82, 2.24) is 10.3 Å². The second kappa shape index (κ2) is 13.6. The molecule has 1 aromatic heterocycles. The van der Waals surface area contributed by atoms with Crippen LogP contribution in [-0.4, -0.2) is 28.5 Å². The van der Waals surface area contributed by atoms with E-state index in [-0.39, 0.29) is 17.4 Å². The molecule has 0 aliphatic carbocycles. The minimum Gasteiger partial charge on any atom is -0.321 e. The van der Waals surface area contributed by atoms with Crippen molar-refractivity contribution in [2.24, 2.45) is 0 Å². The number of benzene rings is 4. The van der Waals surface area contributed by atoms with Crippen molar-refractivity contribution in [2.75, 3.05) is 16.4 Å². The number of carbonyl (C=O) groups is 3. The molecule has 4 aromatic carbocycles. The van der Waals surface area contributed by atoms with Crippen LogP contribution in [0.5, 0.6) is 0 Å². The molecule has 0 fully saturated rings. The van der Waals surface area contributed by atoms with E-state index in [9.17, 15) is 14.4 Å². The number of aryl methyl sites for hydroxylation is 1. The Kier molecular flexibility index (Phi) is 9.48. The highest BCUT2D eigenvalue weighted by Gasteiger charge is 2.16. The first-order valence-corrected chi connectivity index (χ1v) is 15.5. The number of fused-ring (bicyclic) bond motifs is 1. The molecule has 3 amide bonds. The van der Waals surface area contributed by atoms with E-state index in [2.05, 4.69) is 36.9 Å². The molecule has 0 saturated heterocycles. The first kappa shape index (κ1) is 29.2. The lowest BCUT2D eigenvalue weighted by atomic mass is 10.1. The Balaban J connectivity index is 1.25. The van der Waals surface area contributed by atoms with E-state index < -0.39 is 11.8 Å². The number of aromatic nitrogens is 1. The van der Waals surface area contributed by atoms with Gasteiger partial charge in [0.05, 0.1) is 16.0 Å². The van der Waals surface area contributed by atoms with Crippen LogP contribution in [0.1, 0.15) is 21.5 Å². The summed E-state index contributed by atoms with van der Waals surface area (Å²) in [7, 11) is 0. The number of carbonyl (C=O) groups excluding carboxylic acids is 3. The van der Waals surface area contributed by atoms with Gasteiger partial charge in [-0.1, -0.05) is 69.7 Å². The Hall–Kier alpha value is -4.25. The monoisotopic (exact) mass is 656 g/mol. The zero-order valence-electron chi connectivity index (χ0n) is 22.4. The minimum atomic E-state index is -0.481. The van der Waals surface area contributed by atoms with Gasteiger partial charge in [0.1, 0.15) is 5.70 Å². The van der Waals surface area contributed by atoms with E-state index in [0.717, 1.165) is 30.7 Å². The number of nitrogens with one attached hydrogen (secondary N) is 3. The number of halogens is 1. The summed E-state index contributed by atoms with van der Waals surface area (Å²) >= 11 is 6.22. The van der Waals surface area contributed by atoms with Crippen LogP contribution in [0.4, 0.5) is 10.8 Å². The third-order valence-corrected chi connectivity index (χ3v) is 8.36. The van der Waals surface area contributed by atoms with Gasteiger partial charge in [-0.25, -0.2) is 4.98 Å². The van der Waals surface area contributed by atoms with Gasteiger partial charge in [-0.15, -0.1) is 11.8 Å². The molecule has 0 radical (unpaired) electrons. The minimum absolute atomic E-state index is 0.0883. The fraction of sp³-hybridized carbons (Fsp3) is 0.0625. The Morgan fingerprint density at radius 3 is 2.52 bits per heavy atom. The lowest BCUT2D eigenvalue weighted by Gasteiger charge is -2.12. The molecule has 0 spiro atoms. The number of rotatable bonds is 9. The number of anilines is 2. The Labute approximate surface area is 259 Å². The number of thiazole rings is 1. The molecule has 10 heteroatoms. The molecule has 0 atom stereocenters. The molecule has 5 rings (SSSR count). The summed E-state index contributed by atoms with van der Waals surface area (Å²) in [6.07, 6.45) is 1.62. The van der Waals surface area contributed by atoms with Crippen LogP contribution in [0.2, 0.25) is 0 Å². The van der Waals surface area contributed by atoms with Crippen LogP contribution in [0.15, 0.2) is 112 Å². The van der Waals surface area contributed by atoms with Gasteiger partial charge in [0.2, 0.25) is 5.91 Å². The predicted molar refractivity (Wildman–Crippen MR) is 175 cm³/mol. The zero-order valence-corrected chi connectivity index (χ0v) is 25.6. The molecule has 210 valence electrons. The van der Waals surface area contributed by atoms with Gasteiger partial charge in [-0.3, -0.25) is 14.4 Å². The summed E-state index contributed by atoms with van der Waals surface area (Å²) in [6.45, 7) is 2.02. The Bertz CT molecular complexity index is 1800. The fourth-order valence-corrected chi connectivity index (χ4v) is 6.11. The molecule has 42 heavy (non-hydrogen) atoms. The SMILES string of the molecule is Cc1ccc2nc(NC(=O)CSc3cccc(NC(=O)/C(=C\c4cccc(Br)c4)NC(=O)c4ccccc4)c3)sc2c1. The van der Waals surface area contributed by atoms with Crippen LogP contribution in [0.25, 0.3) is 16.3 Å². The standard InChI is InChI=1S/C32H25BrN4O3S2/c1-20-13-14-26-28(15-20)42-32(36-26)37-29(38)19-41-25-12-6-11-24(18-25)34-31(40)27(17-21-7-5-10-23(33)16-21)35-30(39)22-8-3-2-4-9-22/h2-18H,19H2,1H3,(H,34,40)(H,35,39)(H,36,37,38)/b27-17+. The lowest BCUT2D eigenvalue weighted by molar-refractivity contribution is -0.114. The second-order valence-corrected chi connectivity index (χ2v) is 12.2. The molecule has 0 aliphatic rings. The molecule has 0 aliphatic heterocycles. The summed E-state index contributed by atoms with van der Waals surface area (Å²) in [5, 5.41) is 9.04. The predicted octanol–water partition coefficient (Wildman–Crippen LogP) is 7.51. The lowest BCUT2D eigenvalue weighted by Crippen LogP contribution is -2.30. The Morgan fingerprint density at radius 1 is 0.905 bits per heavy atom. The molecule has 1 heterocycles. The summed E-state index contributed by atoms with van der Waals surface area (Å²) in [6, 6.07) is 29.3. The molecule has 3 N–H and O–H groups in total. The first-order chi connectivity index (χ1) is 20.3. The summed E-state index contributed by atoms with van der Waals surface area (Å²) in [4.78, 5) is 44.1. The number of hydrogen-bond donors (Lipinski definition) is 3. The van der Waals surface area contributed by atoms with Crippen LogP contribution >= 0.6 is 39.0 Å². The number of amides is 3. The van der Waals surface area contributed by atoms with E-state index in [1.165, 1.54) is 23.1 Å². The number of hydrogen-bond acceptors (Lipinski definition) is 6. The van der Waals surface area contributed by atoms with E-state index in [0.29, 0.717) is 16.4 Å². The maximum Gasteiger partial charge on any atom is 0.272 e. The van der Waals surface area contributed by atoms with Crippen LogP contribution in [0, 0.1) is 6.92 Å². The van der Waals surface area contributed by atoms with Gasteiger partial charge < -0.3 is 16.0 Å². The molecule has 7 nitrogen and oxygen atoms in total. The van der Waals surface area contributed by atoms with Crippen molar-refractivity contribution in [3.05, 3.63) is 124 Å². The van der Waals surface area contributed by atoms with E-state index in [4.69, 9.17) is 0 Å². The average molecular weight is 658 g/mol. The van der Waals surface area contributed by atoms with Crippen molar-refractivity contribution in [3.8, 4) is 0 Å². The first-order valence-electron chi connectivity index (χ1n) is 12.9. The highest BCUT2D eigenvalue weighted by atomic mass is 79.9. The van der Waals surface area contributed by atoms with Crippen molar-refractivity contribution in [3.63, 3.8) is 0 Å². The maximum absolute atomic E-state index is 13.4. The van der Waals surface area contributed by atoms with Crippen LogP contribution in [-0.2, 0) is 9.59 Å². The molecular formula is C32H25BrN4O3S2. The quantitative estimate of drug-likeness (QED) is 0.113. The highest BCUT2D eigenvalue weighted by Crippen LogP contribution is 2.27. The number of thioether (sulfide) groups is 1. The van der Waals surface area contributed by atoms with Crippen molar-refractivity contribution < 1.29 is 14.4 Å². The molecule has 0 bridgehead atoms. The largest absolute Gasteiger partial charge is 0.321 e. The third kappa shape index (κ3) is 7.94. The van der Waals surface area contributed by atoms with Crippen molar-refractivity contribution >= 4 is 83.9 Å². The zero-order chi connectivity index (χ0) is 29.5. The van der Waals surface area contributed by atoms with Gasteiger partial charge >= 0.3 is 0 Å². The molecular weight excluding hydrogens is 632 g/mol. The van der Waals surface area contributed by atoms with Gasteiger partial charge in [0, 0.05) is 20.6 Å². The number of nitrogens with zero attached hydrogens (tertiary/aromatic N) is 1. The molecule has 0 unspecified atom stereocenters. The van der Waals surface area contributed by atoms with Crippen molar-refractivity contribution in [2.45, 2.75) is 11.8 Å². The summed E-state index contributed by atoms with van der Waals surface area (Å²) in [5.74, 6) is -0.878. The second-order valence-electron chi connectivity index (χ2n) is 9.24.